The molecule has 0 fully saturated rings. The van der Waals surface area contributed by atoms with Gasteiger partial charge < -0.3 is 14.6 Å². The molecule has 10 nitrogen and oxygen atoms in total. The predicted molar refractivity (Wildman–Crippen MR) is 163 cm³/mol. The van der Waals surface area contributed by atoms with Crippen molar-refractivity contribution in [2.75, 3.05) is 18.6 Å². The number of aryl methyl sites for hydroxylation is 2. The SMILES string of the molecule is CCc1cc(CC)nc(O[C@H](C(=O)O)[C@@]2(c3ccccc3)NCC(=O)N(C(C(=O)OC)c3ccccc3)c3ccccc32)n1. The average molecular weight is 595 g/mol. The van der Waals surface area contributed by atoms with Crippen LogP contribution in [0.25, 0.3) is 0 Å². The molecule has 0 spiro atoms. The topological polar surface area (TPSA) is 131 Å². The van der Waals surface area contributed by atoms with E-state index in [-0.39, 0.29) is 12.6 Å². The lowest BCUT2D eigenvalue weighted by Gasteiger charge is -2.40. The Balaban J connectivity index is 1.77. The summed E-state index contributed by atoms with van der Waals surface area (Å²) in [6, 6.07) is 25.4. The van der Waals surface area contributed by atoms with Gasteiger partial charge in [0.1, 0.15) is 5.54 Å². The number of ether oxygens (including phenoxy) is 2. The molecule has 0 radical (unpaired) electrons. The number of carboxylic acids is 1. The first-order valence-corrected chi connectivity index (χ1v) is 14.4. The number of hydrogen-bond donors (Lipinski definition) is 2. The minimum atomic E-state index is -1.64. The molecule has 5 rings (SSSR count). The second-order valence-corrected chi connectivity index (χ2v) is 10.3. The normalized spacial score (nSPS) is 17.6. The first-order valence-electron chi connectivity index (χ1n) is 14.4. The minimum Gasteiger partial charge on any atom is -0.478 e. The maximum atomic E-state index is 14.1. The maximum absolute atomic E-state index is 14.1. The fourth-order valence-corrected chi connectivity index (χ4v) is 5.68. The van der Waals surface area contributed by atoms with Gasteiger partial charge in [-0.2, -0.15) is 0 Å². The lowest BCUT2D eigenvalue weighted by molar-refractivity contribution is -0.149. The zero-order chi connectivity index (χ0) is 31.3. The van der Waals surface area contributed by atoms with E-state index in [1.807, 2.05) is 32.0 Å². The van der Waals surface area contributed by atoms with Crippen LogP contribution < -0.4 is 15.0 Å². The lowest BCUT2D eigenvalue weighted by Crippen LogP contribution is -2.58. The molecule has 10 heteroatoms. The number of hydrogen-bond acceptors (Lipinski definition) is 8. The minimum absolute atomic E-state index is 0.0765. The van der Waals surface area contributed by atoms with Gasteiger partial charge >= 0.3 is 17.9 Å². The summed E-state index contributed by atoms with van der Waals surface area (Å²) in [5, 5.41) is 14.1. The number of carbonyl (C=O) groups excluding carboxylic acids is 2. The Kier molecular flexibility index (Phi) is 9.01. The number of benzene rings is 3. The Hall–Kier alpha value is -5.09. The van der Waals surface area contributed by atoms with Crippen molar-refractivity contribution in [3.05, 3.63) is 119 Å². The fraction of sp³-hybridized carbons (Fsp3) is 0.265. The summed E-state index contributed by atoms with van der Waals surface area (Å²) in [7, 11) is 1.27. The maximum Gasteiger partial charge on any atom is 0.347 e. The van der Waals surface area contributed by atoms with Crippen molar-refractivity contribution in [2.24, 2.45) is 0 Å². The molecular formula is C34H34N4O6. The summed E-state index contributed by atoms with van der Waals surface area (Å²) < 4.78 is 11.4. The predicted octanol–water partition coefficient (Wildman–Crippen LogP) is 4.23. The molecule has 4 aromatic rings. The number of esters is 1. The van der Waals surface area contributed by atoms with Gasteiger partial charge in [0.25, 0.3) is 0 Å². The van der Waals surface area contributed by atoms with Crippen LogP contribution in [0.2, 0.25) is 0 Å². The highest BCUT2D eigenvalue weighted by Gasteiger charge is 2.53. The van der Waals surface area contributed by atoms with E-state index in [9.17, 15) is 19.5 Å². The Morgan fingerprint density at radius 1 is 0.932 bits per heavy atom. The molecule has 226 valence electrons. The lowest BCUT2D eigenvalue weighted by atomic mass is 9.77. The van der Waals surface area contributed by atoms with Gasteiger partial charge in [0.2, 0.25) is 12.0 Å². The van der Waals surface area contributed by atoms with Gasteiger partial charge in [-0.25, -0.2) is 19.6 Å². The Bertz CT molecular complexity index is 1630. The largest absolute Gasteiger partial charge is 0.478 e. The summed E-state index contributed by atoms with van der Waals surface area (Å²) in [6.07, 6.45) is -0.428. The molecular weight excluding hydrogens is 560 g/mol. The fourth-order valence-electron chi connectivity index (χ4n) is 5.68. The van der Waals surface area contributed by atoms with Gasteiger partial charge in [0, 0.05) is 17.0 Å². The van der Waals surface area contributed by atoms with E-state index in [0.29, 0.717) is 46.6 Å². The van der Waals surface area contributed by atoms with Crippen molar-refractivity contribution in [2.45, 2.75) is 44.4 Å². The highest BCUT2D eigenvalue weighted by Crippen LogP contribution is 2.44. The number of rotatable bonds is 10. The molecule has 2 N–H and O–H groups in total. The number of amides is 1. The van der Waals surface area contributed by atoms with Gasteiger partial charge in [-0.15, -0.1) is 0 Å². The van der Waals surface area contributed by atoms with Crippen LogP contribution in [-0.2, 0) is 37.5 Å². The first kappa shape index (κ1) is 30.4. The van der Waals surface area contributed by atoms with Crippen molar-refractivity contribution in [1.82, 2.24) is 15.3 Å². The zero-order valence-corrected chi connectivity index (χ0v) is 24.8. The van der Waals surface area contributed by atoms with Crippen molar-refractivity contribution >= 4 is 23.5 Å². The molecule has 2 heterocycles. The summed E-state index contributed by atoms with van der Waals surface area (Å²) in [6.45, 7) is 3.56. The number of nitrogens with zero attached hydrogens (tertiary/aromatic N) is 3. The molecule has 3 atom stereocenters. The average Bonchev–Trinajstić information content (AvgIpc) is 3.19. The Labute approximate surface area is 255 Å². The van der Waals surface area contributed by atoms with Crippen LogP contribution in [-0.4, -0.2) is 52.7 Å². The van der Waals surface area contributed by atoms with Crippen molar-refractivity contribution in [1.29, 1.82) is 0 Å². The summed E-state index contributed by atoms with van der Waals surface area (Å²) in [5.41, 5.74) is 1.62. The molecule has 3 aromatic carbocycles. The van der Waals surface area contributed by atoms with E-state index < -0.39 is 35.5 Å². The first-order chi connectivity index (χ1) is 21.3. The molecule has 0 saturated heterocycles. The molecule has 44 heavy (non-hydrogen) atoms. The van der Waals surface area contributed by atoms with Gasteiger partial charge in [-0.1, -0.05) is 92.7 Å². The number of carboxylic acid groups (broad SMARTS) is 1. The van der Waals surface area contributed by atoms with E-state index in [2.05, 4.69) is 15.3 Å². The number of aliphatic carboxylic acids is 1. The highest BCUT2D eigenvalue weighted by atomic mass is 16.5. The van der Waals surface area contributed by atoms with Gasteiger partial charge in [0.05, 0.1) is 19.3 Å². The van der Waals surface area contributed by atoms with Crippen molar-refractivity contribution in [3.63, 3.8) is 0 Å². The van der Waals surface area contributed by atoms with E-state index >= 15 is 0 Å². The van der Waals surface area contributed by atoms with Crippen LogP contribution >= 0.6 is 0 Å². The third-order valence-electron chi connectivity index (χ3n) is 7.78. The summed E-state index contributed by atoms with van der Waals surface area (Å²) in [4.78, 5) is 51.1. The van der Waals surface area contributed by atoms with Crippen LogP contribution in [0.15, 0.2) is 91.0 Å². The number of carbonyl (C=O) groups is 3. The third-order valence-corrected chi connectivity index (χ3v) is 7.78. The van der Waals surface area contributed by atoms with E-state index in [1.54, 1.807) is 72.8 Å². The second-order valence-electron chi connectivity index (χ2n) is 10.3. The van der Waals surface area contributed by atoms with E-state index in [0.717, 1.165) is 0 Å². The number of anilines is 1. The monoisotopic (exact) mass is 594 g/mol. The Morgan fingerprint density at radius 3 is 2.11 bits per heavy atom. The summed E-state index contributed by atoms with van der Waals surface area (Å²) >= 11 is 0. The molecule has 1 aromatic heterocycles. The second kappa shape index (κ2) is 13.0. The standard InChI is InChI=1S/C34H34N4O6/c1-4-24-20-25(5-2)37-33(36-24)44-30(31(40)41)34(23-16-10-7-11-17-23)26-18-12-13-19-27(26)38(28(39)21-35-34)29(32(42)43-3)22-14-8-6-9-15-22/h6-20,29-30,35H,4-5,21H2,1-3H3,(H,40,41)/t29?,30-,34+/m1/s1. The highest BCUT2D eigenvalue weighted by molar-refractivity contribution is 6.03. The molecule has 1 amide bonds. The van der Waals surface area contributed by atoms with Crippen LogP contribution in [0.4, 0.5) is 5.69 Å². The van der Waals surface area contributed by atoms with Gasteiger partial charge in [-0.3, -0.25) is 15.0 Å². The van der Waals surface area contributed by atoms with Crippen molar-refractivity contribution < 1.29 is 29.0 Å². The van der Waals surface area contributed by atoms with Gasteiger partial charge in [0.15, 0.2) is 6.04 Å². The molecule has 0 aliphatic carbocycles. The third kappa shape index (κ3) is 5.63. The van der Waals surface area contributed by atoms with Gasteiger partial charge in [-0.05, 0) is 36.1 Å². The Morgan fingerprint density at radius 2 is 1.52 bits per heavy atom. The molecule has 1 unspecified atom stereocenters. The number of fused-ring (bicyclic) bond motifs is 1. The summed E-state index contributed by atoms with van der Waals surface area (Å²) in [5.74, 6) is -2.40. The van der Waals surface area contributed by atoms with Crippen LogP contribution in [0.1, 0.15) is 48.0 Å². The molecule has 0 saturated carbocycles. The van der Waals surface area contributed by atoms with Crippen LogP contribution in [0, 0.1) is 0 Å². The number of methoxy groups -OCH3 is 1. The molecule has 0 bridgehead atoms. The van der Waals surface area contributed by atoms with Crippen LogP contribution in [0.3, 0.4) is 0 Å². The number of nitrogens with one attached hydrogen (secondary N) is 1. The quantitative estimate of drug-likeness (QED) is 0.259. The zero-order valence-electron chi connectivity index (χ0n) is 24.8. The van der Waals surface area contributed by atoms with E-state index in [1.165, 1.54) is 12.0 Å². The molecule has 1 aliphatic rings. The number of aromatic nitrogens is 2. The smallest absolute Gasteiger partial charge is 0.347 e. The van der Waals surface area contributed by atoms with E-state index in [4.69, 9.17) is 9.47 Å². The van der Waals surface area contributed by atoms with Crippen LogP contribution in [0.5, 0.6) is 6.01 Å². The van der Waals surface area contributed by atoms with Crippen molar-refractivity contribution in [3.8, 4) is 6.01 Å². The molecule has 1 aliphatic heterocycles. The number of para-hydroxylation sites is 1.